The highest BCUT2D eigenvalue weighted by Crippen LogP contribution is 2.18. The molecule has 0 saturated carbocycles. The first-order chi connectivity index (χ1) is 13.8. The number of pyridine rings is 1. The van der Waals surface area contributed by atoms with Crippen molar-refractivity contribution in [3.05, 3.63) is 60.7 Å². The van der Waals surface area contributed by atoms with Crippen LogP contribution < -0.4 is 5.32 Å². The van der Waals surface area contributed by atoms with E-state index >= 15 is 0 Å². The van der Waals surface area contributed by atoms with Crippen molar-refractivity contribution in [3.63, 3.8) is 0 Å². The maximum atomic E-state index is 12.0. The number of ketones is 1. The number of aromatic nitrogens is 3. The smallest absolute Gasteiger partial charge is 0.164 e. The van der Waals surface area contributed by atoms with Crippen LogP contribution in [0.25, 0.3) is 10.9 Å². The Balaban J connectivity index is 1.22. The number of carbonyl (C=O) groups is 1. The van der Waals surface area contributed by atoms with Crippen molar-refractivity contribution < 1.29 is 4.79 Å². The summed E-state index contributed by atoms with van der Waals surface area (Å²) in [7, 11) is 0. The molecule has 0 atom stereocenters. The molecular formula is C23H28N4O. The number of para-hydroxylation sites is 1. The van der Waals surface area contributed by atoms with Crippen molar-refractivity contribution in [3.8, 4) is 0 Å². The van der Waals surface area contributed by atoms with Crippen LogP contribution in [0.1, 0.15) is 61.7 Å². The molecule has 5 heteroatoms. The van der Waals surface area contributed by atoms with Crippen molar-refractivity contribution in [2.75, 3.05) is 11.9 Å². The van der Waals surface area contributed by atoms with Crippen LogP contribution in [0.15, 0.2) is 55.1 Å². The largest absolute Gasteiger partial charge is 0.369 e. The number of Topliss-reactive ketones (excluding diaryl/α,β-unsaturated/α-hetero) is 1. The predicted octanol–water partition coefficient (Wildman–Crippen LogP) is 5.44. The lowest BCUT2D eigenvalue weighted by Gasteiger charge is -2.08. The molecule has 3 aromatic rings. The number of hydrogen-bond acceptors (Lipinski definition) is 5. The molecule has 1 N–H and O–H groups in total. The van der Waals surface area contributed by atoms with Gasteiger partial charge in [-0.05, 0) is 37.1 Å². The van der Waals surface area contributed by atoms with E-state index in [0.29, 0.717) is 6.42 Å². The Morgan fingerprint density at radius 2 is 1.64 bits per heavy atom. The third-order valence-corrected chi connectivity index (χ3v) is 4.90. The fourth-order valence-corrected chi connectivity index (χ4v) is 3.32. The predicted molar refractivity (Wildman–Crippen MR) is 114 cm³/mol. The Morgan fingerprint density at radius 1 is 0.857 bits per heavy atom. The molecule has 1 aromatic carbocycles. The summed E-state index contributed by atoms with van der Waals surface area (Å²) in [6.07, 6.45) is 13.7. The molecule has 0 amide bonds. The fourth-order valence-electron chi connectivity index (χ4n) is 3.32. The molecule has 2 heterocycles. The molecule has 0 saturated heterocycles. The van der Waals surface area contributed by atoms with Crippen molar-refractivity contribution in [1.82, 2.24) is 15.0 Å². The molecule has 0 bridgehead atoms. The topological polar surface area (TPSA) is 67.8 Å². The lowest BCUT2D eigenvalue weighted by atomic mass is 10.0. The Hall–Kier alpha value is -2.82. The van der Waals surface area contributed by atoms with Crippen LogP contribution in [0.4, 0.5) is 5.82 Å². The molecular weight excluding hydrogens is 348 g/mol. The van der Waals surface area contributed by atoms with Crippen LogP contribution in [0.5, 0.6) is 0 Å². The van der Waals surface area contributed by atoms with E-state index in [9.17, 15) is 4.79 Å². The van der Waals surface area contributed by atoms with Gasteiger partial charge in [-0.1, -0.05) is 44.2 Å². The lowest BCUT2D eigenvalue weighted by Crippen LogP contribution is -2.04. The van der Waals surface area contributed by atoms with Crippen LogP contribution in [-0.4, -0.2) is 27.3 Å². The number of unbranched alkanes of at least 4 members (excludes halogenated alkanes) is 6. The van der Waals surface area contributed by atoms with E-state index in [4.69, 9.17) is 0 Å². The number of hydrogen-bond donors (Lipinski definition) is 1. The summed E-state index contributed by atoms with van der Waals surface area (Å²) in [6.45, 7) is 0.931. The van der Waals surface area contributed by atoms with E-state index in [1.54, 1.807) is 18.7 Å². The minimum Gasteiger partial charge on any atom is -0.369 e. The van der Waals surface area contributed by atoms with E-state index in [1.165, 1.54) is 25.7 Å². The van der Waals surface area contributed by atoms with Gasteiger partial charge in [-0.15, -0.1) is 0 Å². The number of benzene rings is 1. The molecule has 0 radical (unpaired) electrons. The highest BCUT2D eigenvalue weighted by atomic mass is 16.1. The van der Waals surface area contributed by atoms with Crippen molar-refractivity contribution in [2.24, 2.45) is 0 Å². The van der Waals surface area contributed by atoms with Gasteiger partial charge in [0.05, 0.1) is 5.52 Å². The van der Waals surface area contributed by atoms with Crippen LogP contribution in [0.3, 0.4) is 0 Å². The number of fused-ring (bicyclic) bond motifs is 1. The summed E-state index contributed by atoms with van der Waals surface area (Å²) in [6, 6.07) is 11.7. The number of nitrogens with one attached hydrogen (secondary N) is 1. The third kappa shape index (κ3) is 6.12. The van der Waals surface area contributed by atoms with Crippen LogP contribution in [-0.2, 0) is 0 Å². The molecule has 146 valence electrons. The van der Waals surface area contributed by atoms with Gasteiger partial charge >= 0.3 is 0 Å². The van der Waals surface area contributed by atoms with Gasteiger partial charge in [0.25, 0.3) is 0 Å². The summed E-state index contributed by atoms with van der Waals surface area (Å²) in [5.41, 5.74) is 1.70. The lowest BCUT2D eigenvalue weighted by molar-refractivity contribution is 0.0978. The molecule has 5 nitrogen and oxygen atoms in total. The molecule has 0 spiro atoms. The highest BCUT2D eigenvalue weighted by molar-refractivity contribution is 5.95. The van der Waals surface area contributed by atoms with Gasteiger partial charge in [0.1, 0.15) is 12.1 Å². The third-order valence-electron chi connectivity index (χ3n) is 4.90. The van der Waals surface area contributed by atoms with Gasteiger partial charge < -0.3 is 5.32 Å². The first kappa shape index (κ1) is 19.9. The Kier molecular flexibility index (Phi) is 7.91. The van der Waals surface area contributed by atoms with Gasteiger partial charge in [0.2, 0.25) is 0 Å². The molecule has 2 aromatic heterocycles. The Morgan fingerprint density at radius 3 is 2.46 bits per heavy atom. The maximum absolute atomic E-state index is 12.0. The van der Waals surface area contributed by atoms with E-state index in [2.05, 4.69) is 26.3 Å². The van der Waals surface area contributed by atoms with Gasteiger partial charge in [-0.25, -0.2) is 9.97 Å². The maximum Gasteiger partial charge on any atom is 0.164 e. The molecule has 0 aliphatic rings. The molecule has 0 aliphatic carbocycles. The highest BCUT2D eigenvalue weighted by Gasteiger charge is 2.05. The second-order valence-electron chi connectivity index (χ2n) is 7.06. The zero-order valence-electron chi connectivity index (χ0n) is 16.3. The van der Waals surface area contributed by atoms with Crippen LogP contribution in [0.2, 0.25) is 0 Å². The molecule has 28 heavy (non-hydrogen) atoms. The fraction of sp³-hybridized carbons (Fsp3) is 0.391. The first-order valence-electron chi connectivity index (χ1n) is 10.2. The molecule has 0 fully saturated rings. The van der Waals surface area contributed by atoms with Gasteiger partial charge in [0.15, 0.2) is 5.78 Å². The van der Waals surface area contributed by atoms with E-state index in [0.717, 1.165) is 48.1 Å². The van der Waals surface area contributed by atoms with Crippen LogP contribution >= 0.6 is 0 Å². The zero-order valence-corrected chi connectivity index (χ0v) is 16.3. The molecule has 3 rings (SSSR count). The van der Waals surface area contributed by atoms with E-state index in [1.807, 2.05) is 30.3 Å². The van der Waals surface area contributed by atoms with Gasteiger partial charge in [0, 0.05) is 36.3 Å². The summed E-state index contributed by atoms with van der Waals surface area (Å²) >= 11 is 0. The summed E-state index contributed by atoms with van der Waals surface area (Å²) in [5.74, 6) is 1.13. The number of anilines is 1. The summed E-state index contributed by atoms with van der Waals surface area (Å²) < 4.78 is 0. The molecule has 0 aliphatic heterocycles. The first-order valence-corrected chi connectivity index (χ1v) is 10.2. The molecule has 0 unspecified atom stereocenters. The minimum absolute atomic E-state index is 0.205. The average molecular weight is 377 g/mol. The van der Waals surface area contributed by atoms with Crippen molar-refractivity contribution in [2.45, 2.75) is 51.4 Å². The monoisotopic (exact) mass is 376 g/mol. The normalized spacial score (nSPS) is 10.9. The Labute approximate surface area is 166 Å². The number of nitrogens with zero attached hydrogens (tertiary/aromatic N) is 3. The second kappa shape index (κ2) is 11.1. The van der Waals surface area contributed by atoms with Crippen LogP contribution in [0, 0.1) is 0 Å². The van der Waals surface area contributed by atoms with Gasteiger partial charge in [-0.2, -0.15) is 0 Å². The number of carbonyl (C=O) groups excluding carboxylic acids is 1. The minimum atomic E-state index is 0.205. The summed E-state index contributed by atoms with van der Waals surface area (Å²) in [5, 5.41) is 4.51. The Bertz CT molecular complexity index is 861. The SMILES string of the molecule is O=C(CCCCCCCCCNc1ncnc2ccccc12)c1cccnc1. The van der Waals surface area contributed by atoms with E-state index in [-0.39, 0.29) is 5.78 Å². The van der Waals surface area contributed by atoms with Crippen molar-refractivity contribution >= 4 is 22.5 Å². The second-order valence-corrected chi connectivity index (χ2v) is 7.06. The van der Waals surface area contributed by atoms with E-state index < -0.39 is 0 Å². The summed E-state index contributed by atoms with van der Waals surface area (Å²) in [4.78, 5) is 24.6. The van der Waals surface area contributed by atoms with Gasteiger partial charge in [-0.3, -0.25) is 9.78 Å². The zero-order chi connectivity index (χ0) is 19.4. The number of rotatable bonds is 12. The average Bonchev–Trinajstić information content (AvgIpc) is 2.75. The van der Waals surface area contributed by atoms with Crippen molar-refractivity contribution in [1.29, 1.82) is 0 Å². The standard InChI is InChI=1S/C23H28N4O/c28-22(19-11-10-15-24-17-19)14-6-4-2-1-3-5-9-16-25-23-20-12-7-8-13-21(20)26-18-27-23/h7-8,10-13,15,17-18H,1-6,9,14,16H2,(H,25,26,27). The quantitative estimate of drug-likeness (QED) is 0.337.